The lowest BCUT2D eigenvalue weighted by Crippen LogP contribution is -2.10. The Bertz CT molecular complexity index is 839. The van der Waals surface area contributed by atoms with Crippen LogP contribution in [0.3, 0.4) is 0 Å². The molecular weight excluding hydrogens is 295 g/mol. The fourth-order valence-corrected chi connectivity index (χ4v) is 2.27. The molecule has 0 fully saturated rings. The Morgan fingerprint density at radius 2 is 1.91 bits per heavy atom. The number of hydrogen-bond acceptors (Lipinski definition) is 3. The number of alkyl halides is 3. The van der Waals surface area contributed by atoms with Gasteiger partial charge in [0.1, 0.15) is 12.1 Å². The zero-order valence-electron chi connectivity index (χ0n) is 11.2. The molecule has 0 unspecified atom stereocenters. The van der Waals surface area contributed by atoms with Crippen LogP contribution in [0.4, 0.5) is 13.2 Å². The predicted molar refractivity (Wildman–Crippen MR) is 72.6 cm³/mol. The second kappa shape index (κ2) is 5.25. The molecule has 1 aromatic carbocycles. The lowest BCUT2D eigenvalue weighted by atomic mass is 10.0. The molecule has 0 amide bonds. The summed E-state index contributed by atoms with van der Waals surface area (Å²) < 4.78 is 40.6. The topological polar surface area (TPSA) is 47.3 Å². The van der Waals surface area contributed by atoms with E-state index in [-0.39, 0.29) is 12.0 Å². The molecule has 2 aromatic heterocycles. The normalized spacial score (nSPS) is 11.8. The van der Waals surface area contributed by atoms with E-state index in [1.165, 1.54) is 18.2 Å². The number of fused-ring (bicyclic) bond motifs is 1. The van der Waals surface area contributed by atoms with Crippen LogP contribution >= 0.6 is 0 Å². The Morgan fingerprint density at radius 3 is 2.64 bits per heavy atom. The number of carbonyl (C=O) groups is 1. The summed E-state index contributed by atoms with van der Waals surface area (Å²) in [7, 11) is 0. The predicted octanol–water partition coefficient (Wildman–Crippen LogP) is 3.15. The van der Waals surface area contributed by atoms with Crippen molar-refractivity contribution in [1.29, 1.82) is 0 Å². The van der Waals surface area contributed by atoms with Crippen molar-refractivity contribution >= 4 is 11.9 Å². The Hall–Kier alpha value is -2.70. The van der Waals surface area contributed by atoms with Crippen molar-refractivity contribution in [3.8, 4) is 0 Å². The summed E-state index contributed by atoms with van der Waals surface area (Å²) in [5, 5.41) is 7.81. The molecule has 22 heavy (non-hydrogen) atoms. The maximum atomic E-state index is 13.0. The third kappa shape index (κ3) is 2.57. The van der Waals surface area contributed by atoms with Crippen LogP contribution in [0.1, 0.15) is 27.3 Å². The maximum Gasteiger partial charge on any atom is 0.416 e. The summed E-state index contributed by atoms with van der Waals surface area (Å²) in [6.45, 7) is 0. The van der Waals surface area contributed by atoms with Gasteiger partial charge in [-0.05, 0) is 23.8 Å². The molecule has 3 aromatic rings. The van der Waals surface area contributed by atoms with Crippen LogP contribution in [0.15, 0.2) is 42.6 Å². The summed E-state index contributed by atoms with van der Waals surface area (Å²) >= 11 is 0. The van der Waals surface area contributed by atoms with Crippen LogP contribution in [0.2, 0.25) is 0 Å². The molecule has 0 saturated heterocycles. The van der Waals surface area contributed by atoms with Gasteiger partial charge in [-0.2, -0.15) is 13.2 Å². The average molecular weight is 305 g/mol. The summed E-state index contributed by atoms with van der Waals surface area (Å²) in [6, 6.07) is 8.46. The minimum atomic E-state index is -4.41. The Balaban J connectivity index is 2.03. The van der Waals surface area contributed by atoms with Gasteiger partial charge < -0.3 is 0 Å². The monoisotopic (exact) mass is 305 g/mol. The van der Waals surface area contributed by atoms with Crippen LogP contribution in [0, 0.1) is 0 Å². The number of nitrogens with zero attached hydrogens (tertiary/aromatic N) is 3. The number of rotatable bonds is 3. The third-order valence-corrected chi connectivity index (χ3v) is 3.31. The van der Waals surface area contributed by atoms with Crippen LogP contribution < -0.4 is 0 Å². The molecule has 0 bridgehead atoms. The van der Waals surface area contributed by atoms with E-state index in [4.69, 9.17) is 0 Å². The van der Waals surface area contributed by atoms with Gasteiger partial charge in [-0.1, -0.05) is 18.2 Å². The zero-order chi connectivity index (χ0) is 15.7. The number of aldehydes is 1. The van der Waals surface area contributed by atoms with Gasteiger partial charge >= 0.3 is 6.18 Å². The van der Waals surface area contributed by atoms with Crippen LogP contribution in [0.5, 0.6) is 0 Å². The fourth-order valence-electron chi connectivity index (χ4n) is 2.27. The van der Waals surface area contributed by atoms with Crippen LogP contribution in [0.25, 0.3) is 5.65 Å². The standard InChI is InChI=1S/C15H10F3N3O/c16-15(17,18)12-4-2-1-3-11(12)8-14-20-19-13-7-10(9-22)5-6-21(13)14/h1-7,9H,8H2. The van der Waals surface area contributed by atoms with Gasteiger partial charge in [0.2, 0.25) is 0 Å². The fraction of sp³-hybridized carbons (Fsp3) is 0.133. The minimum Gasteiger partial charge on any atom is -0.298 e. The van der Waals surface area contributed by atoms with Crippen molar-refractivity contribution in [1.82, 2.24) is 14.6 Å². The van der Waals surface area contributed by atoms with Gasteiger partial charge in [-0.3, -0.25) is 9.20 Å². The number of halogens is 3. The van der Waals surface area contributed by atoms with E-state index >= 15 is 0 Å². The SMILES string of the molecule is O=Cc1ccn2c(Cc3ccccc3C(F)(F)F)nnc2c1. The molecule has 0 aliphatic carbocycles. The highest BCUT2D eigenvalue weighted by Gasteiger charge is 2.33. The number of hydrogen-bond donors (Lipinski definition) is 0. The maximum absolute atomic E-state index is 13.0. The molecule has 0 N–H and O–H groups in total. The minimum absolute atomic E-state index is 0.00269. The number of aromatic nitrogens is 3. The zero-order valence-corrected chi connectivity index (χ0v) is 11.2. The first-order chi connectivity index (χ1) is 10.5. The van der Waals surface area contributed by atoms with Crippen molar-refractivity contribution in [2.45, 2.75) is 12.6 Å². The van der Waals surface area contributed by atoms with Gasteiger partial charge in [-0.25, -0.2) is 0 Å². The van der Waals surface area contributed by atoms with E-state index in [0.29, 0.717) is 23.3 Å². The van der Waals surface area contributed by atoms with E-state index < -0.39 is 11.7 Å². The number of carbonyl (C=O) groups excluding carboxylic acids is 1. The highest BCUT2D eigenvalue weighted by Crippen LogP contribution is 2.32. The first kappa shape index (κ1) is 14.2. The molecule has 0 radical (unpaired) electrons. The van der Waals surface area contributed by atoms with Gasteiger partial charge in [0.25, 0.3) is 0 Å². The van der Waals surface area contributed by atoms with Gasteiger partial charge in [0, 0.05) is 18.2 Å². The van der Waals surface area contributed by atoms with Gasteiger partial charge in [0.15, 0.2) is 5.65 Å². The smallest absolute Gasteiger partial charge is 0.298 e. The number of benzene rings is 1. The Labute approximate surface area is 123 Å². The summed E-state index contributed by atoms with van der Waals surface area (Å²) in [4.78, 5) is 10.7. The first-order valence-electron chi connectivity index (χ1n) is 6.43. The summed E-state index contributed by atoms with van der Waals surface area (Å²) in [5.74, 6) is 0.379. The average Bonchev–Trinajstić information content (AvgIpc) is 2.89. The molecule has 4 nitrogen and oxygen atoms in total. The largest absolute Gasteiger partial charge is 0.416 e. The van der Waals surface area contributed by atoms with Gasteiger partial charge in [-0.15, -0.1) is 10.2 Å². The highest BCUT2D eigenvalue weighted by atomic mass is 19.4. The van der Waals surface area contributed by atoms with Crippen molar-refractivity contribution in [2.24, 2.45) is 0 Å². The van der Waals surface area contributed by atoms with Crippen molar-refractivity contribution in [3.63, 3.8) is 0 Å². The van der Waals surface area contributed by atoms with Gasteiger partial charge in [0.05, 0.1) is 5.56 Å². The van der Waals surface area contributed by atoms with E-state index in [9.17, 15) is 18.0 Å². The van der Waals surface area contributed by atoms with Crippen molar-refractivity contribution in [3.05, 3.63) is 65.1 Å². The Morgan fingerprint density at radius 1 is 1.14 bits per heavy atom. The van der Waals surface area contributed by atoms with E-state index in [0.717, 1.165) is 6.07 Å². The number of pyridine rings is 1. The summed E-state index contributed by atoms with van der Waals surface area (Å²) in [5.41, 5.74) is 0.297. The molecule has 3 rings (SSSR count). The molecule has 0 saturated carbocycles. The Kier molecular flexibility index (Phi) is 3.40. The quantitative estimate of drug-likeness (QED) is 0.698. The van der Waals surface area contributed by atoms with Crippen LogP contribution in [-0.4, -0.2) is 20.9 Å². The lowest BCUT2D eigenvalue weighted by Gasteiger charge is -2.11. The molecule has 112 valence electrons. The molecule has 7 heteroatoms. The molecule has 2 heterocycles. The molecule has 0 spiro atoms. The molecule has 0 aliphatic rings. The lowest BCUT2D eigenvalue weighted by molar-refractivity contribution is -0.138. The van der Waals surface area contributed by atoms with E-state index in [2.05, 4.69) is 10.2 Å². The highest BCUT2D eigenvalue weighted by molar-refractivity contribution is 5.76. The van der Waals surface area contributed by atoms with Crippen LogP contribution in [-0.2, 0) is 12.6 Å². The second-order valence-electron chi connectivity index (χ2n) is 4.75. The second-order valence-corrected chi connectivity index (χ2v) is 4.75. The first-order valence-corrected chi connectivity index (χ1v) is 6.43. The van der Waals surface area contributed by atoms with Crippen molar-refractivity contribution in [2.75, 3.05) is 0 Å². The molecular formula is C15H10F3N3O. The summed E-state index contributed by atoms with van der Waals surface area (Å²) in [6.07, 6.45) is -2.17. The van der Waals surface area contributed by atoms with Crippen molar-refractivity contribution < 1.29 is 18.0 Å². The third-order valence-electron chi connectivity index (χ3n) is 3.31. The van der Waals surface area contributed by atoms with E-state index in [1.807, 2.05) is 0 Å². The molecule has 0 aliphatic heterocycles. The molecule has 0 atom stereocenters. The van der Waals surface area contributed by atoms with E-state index in [1.54, 1.807) is 22.7 Å².